The summed E-state index contributed by atoms with van der Waals surface area (Å²) in [5.41, 5.74) is 7.69. The number of hydrogen-bond donors (Lipinski definition) is 0. The van der Waals surface area contributed by atoms with Crippen LogP contribution in [0.25, 0.3) is 21.5 Å². The molecule has 0 N–H and O–H groups in total. The lowest BCUT2D eigenvalue weighted by molar-refractivity contribution is 0.568. The van der Waals surface area contributed by atoms with Gasteiger partial charge in [-0.1, -0.05) is 121 Å². The minimum absolute atomic E-state index is 0.256. The highest BCUT2D eigenvalue weighted by molar-refractivity contribution is 5.85. The summed E-state index contributed by atoms with van der Waals surface area (Å²) in [5.74, 6) is 0. The van der Waals surface area contributed by atoms with Crippen molar-refractivity contribution in [2.75, 3.05) is 0 Å². The molecule has 0 aliphatic heterocycles. The van der Waals surface area contributed by atoms with Crippen molar-refractivity contribution in [3.05, 3.63) is 167 Å². The third kappa shape index (κ3) is 2.82. The summed E-state index contributed by atoms with van der Waals surface area (Å²) in [6.07, 6.45) is 0. The molecule has 0 unspecified atom stereocenters. The summed E-state index contributed by atoms with van der Waals surface area (Å²) in [7, 11) is 0. The van der Waals surface area contributed by atoms with Gasteiger partial charge in [-0.25, -0.2) is 0 Å². The minimum Gasteiger partial charge on any atom is -0.0619 e. The molecule has 0 heterocycles. The Balaban J connectivity index is 1.55. The van der Waals surface area contributed by atoms with Crippen LogP contribution < -0.4 is 0 Å². The van der Waals surface area contributed by atoms with E-state index >= 15 is 0 Å². The zero-order chi connectivity index (χ0) is 24.3. The molecule has 7 rings (SSSR count). The van der Waals surface area contributed by atoms with Gasteiger partial charge in [-0.2, -0.15) is 0 Å². The van der Waals surface area contributed by atoms with Gasteiger partial charge in [-0.3, -0.25) is 0 Å². The Hall–Kier alpha value is -4.16. The molecule has 0 spiro atoms. The highest BCUT2D eigenvalue weighted by Gasteiger charge is 2.47. The lowest BCUT2D eigenvalue weighted by atomic mass is 9.55. The maximum absolute atomic E-state index is 2.41. The molecule has 172 valence electrons. The highest BCUT2D eigenvalue weighted by atomic mass is 14.5. The molecule has 0 amide bonds. The first kappa shape index (κ1) is 21.1. The van der Waals surface area contributed by atoms with Gasteiger partial charge in [-0.05, 0) is 80.9 Å². The normalized spacial score (nSPS) is 20.7. The van der Waals surface area contributed by atoms with E-state index in [0.29, 0.717) is 0 Å². The van der Waals surface area contributed by atoms with Gasteiger partial charge in [0.05, 0.1) is 0 Å². The molecule has 0 heteroatoms. The molecule has 1 aliphatic carbocycles. The number of fused-ring (bicyclic) bond motifs is 4. The van der Waals surface area contributed by atoms with Crippen LogP contribution in [0.5, 0.6) is 0 Å². The van der Waals surface area contributed by atoms with Gasteiger partial charge >= 0.3 is 0 Å². The summed E-state index contributed by atoms with van der Waals surface area (Å²) in [4.78, 5) is 0. The quantitative estimate of drug-likeness (QED) is 0.242. The second-order valence-corrected chi connectivity index (χ2v) is 10.5. The third-order valence-corrected chi connectivity index (χ3v) is 8.66. The average Bonchev–Trinajstić information content (AvgIpc) is 2.95. The first-order chi connectivity index (χ1) is 17.6. The van der Waals surface area contributed by atoms with Crippen LogP contribution in [0.2, 0.25) is 0 Å². The fourth-order valence-corrected chi connectivity index (χ4v) is 6.62. The SMILES string of the molecule is CC1(c2ccc3ccccc3c2)c2ccccc2C(C)(c2ccc3ccccc3c2)c2ccccc21. The molecule has 1 aliphatic rings. The smallest absolute Gasteiger partial charge is 0.0429 e. The molecule has 0 bridgehead atoms. The maximum Gasteiger partial charge on any atom is 0.0429 e. The van der Waals surface area contributed by atoms with Crippen LogP contribution in [0.15, 0.2) is 133 Å². The highest BCUT2D eigenvalue weighted by Crippen LogP contribution is 2.55. The van der Waals surface area contributed by atoms with E-state index < -0.39 is 0 Å². The average molecular weight is 461 g/mol. The second kappa shape index (κ2) is 7.67. The zero-order valence-electron chi connectivity index (χ0n) is 20.7. The Kier molecular flexibility index (Phi) is 4.51. The van der Waals surface area contributed by atoms with Crippen LogP contribution in [-0.2, 0) is 10.8 Å². The summed E-state index contributed by atoms with van der Waals surface area (Å²) in [6.45, 7) is 4.82. The van der Waals surface area contributed by atoms with Crippen molar-refractivity contribution < 1.29 is 0 Å². The van der Waals surface area contributed by atoms with Gasteiger partial charge in [0.1, 0.15) is 0 Å². The molecule has 0 nitrogen and oxygen atoms in total. The Morgan fingerprint density at radius 2 is 0.639 bits per heavy atom. The molecule has 0 atom stereocenters. The first-order valence-corrected chi connectivity index (χ1v) is 12.8. The topological polar surface area (TPSA) is 0 Å². The summed E-state index contributed by atoms with van der Waals surface area (Å²) < 4.78 is 0. The first-order valence-electron chi connectivity index (χ1n) is 12.8. The monoisotopic (exact) mass is 460 g/mol. The summed E-state index contributed by atoms with van der Waals surface area (Å²) in [5, 5.41) is 5.13. The van der Waals surface area contributed by atoms with E-state index in [1.54, 1.807) is 0 Å². The predicted octanol–water partition coefficient (Wildman–Crippen LogP) is 9.02. The number of hydrogen-bond acceptors (Lipinski definition) is 0. The van der Waals surface area contributed by atoms with Crippen LogP contribution in [0.3, 0.4) is 0 Å². The van der Waals surface area contributed by atoms with Gasteiger partial charge in [-0.15, -0.1) is 0 Å². The van der Waals surface area contributed by atoms with Crippen molar-refractivity contribution in [3.63, 3.8) is 0 Å². The molecular weight excluding hydrogens is 432 g/mol. The summed E-state index contributed by atoms with van der Waals surface area (Å²) >= 11 is 0. The maximum atomic E-state index is 2.41. The lowest BCUT2D eigenvalue weighted by Crippen LogP contribution is -2.41. The van der Waals surface area contributed by atoms with Crippen molar-refractivity contribution in [2.24, 2.45) is 0 Å². The molecule has 0 saturated carbocycles. The predicted molar refractivity (Wildman–Crippen MR) is 152 cm³/mol. The van der Waals surface area contributed by atoms with E-state index in [9.17, 15) is 0 Å². The Morgan fingerprint density at radius 1 is 0.333 bits per heavy atom. The van der Waals surface area contributed by atoms with Crippen LogP contribution >= 0.6 is 0 Å². The van der Waals surface area contributed by atoms with E-state index in [1.165, 1.54) is 54.9 Å². The van der Waals surface area contributed by atoms with Crippen molar-refractivity contribution in [1.29, 1.82) is 0 Å². The van der Waals surface area contributed by atoms with Crippen molar-refractivity contribution in [1.82, 2.24) is 0 Å². The summed E-state index contributed by atoms with van der Waals surface area (Å²) in [6, 6.07) is 49.5. The Bertz CT molecular complexity index is 1590. The van der Waals surface area contributed by atoms with E-state index in [0.717, 1.165) is 0 Å². The molecule has 36 heavy (non-hydrogen) atoms. The second-order valence-electron chi connectivity index (χ2n) is 10.5. The van der Waals surface area contributed by atoms with Gasteiger partial charge in [0.25, 0.3) is 0 Å². The van der Waals surface area contributed by atoms with Crippen molar-refractivity contribution in [3.8, 4) is 0 Å². The molecular formula is C36H28. The van der Waals surface area contributed by atoms with E-state index in [4.69, 9.17) is 0 Å². The van der Waals surface area contributed by atoms with Gasteiger partial charge in [0.15, 0.2) is 0 Å². The van der Waals surface area contributed by atoms with Gasteiger partial charge in [0.2, 0.25) is 0 Å². The van der Waals surface area contributed by atoms with Crippen molar-refractivity contribution in [2.45, 2.75) is 24.7 Å². The molecule has 6 aromatic carbocycles. The van der Waals surface area contributed by atoms with Crippen LogP contribution in [0, 0.1) is 0 Å². The number of rotatable bonds is 2. The van der Waals surface area contributed by atoms with E-state index in [-0.39, 0.29) is 10.8 Å². The van der Waals surface area contributed by atoms with Crippen LogP contribution in [-0.4, -0.2) is 0 Å². The lowest BCUT2D eigenvalue weighted by Gasteiger charge is -2.47. The van der Waals surface area contributed by atoms with Crippen LogP contribution in [0.1, 0.15) is 47.2 Å². The van der Waals surface area contributed by atoms with Crippen molar-refractivity contribution >= 4 is 21.5 Å². The molecule has 0 aromatic heterocycles. The van der Waals surface area contributed by atoms with Crippen LogP contribution in [0.4, 0.5) is 0 Å². The Morgan fingerprint density at radius 3 is 1.00 bits per heavy atom. The van der Waals surface area contributed by atoms with Gasteiger partial charge in [0, 0.05) is 10.8 Å². The molecule has 0 radical (unpaired) electrons. The standard InChI is InChI=1S/C36H28/c1-35(29-21-19-25-11-3-5-13-27(25)23-29)31-15-7-9-17-33(31)36(2,34-18-10-8-16-32(34)35)30-22-20-26-12-4-6-14-28(26)24-30/h3-24H,1-2H3. The fourth-order valence-electron chi connectivity index (χ4n) is 6.62. The van der Waals surface area contributed by atoms with E-state index in [1.807, 2.05) is 0 Å². The zero-order valence-corrected chi connectivity index (χ0v) is 20.7. The Labute approximate surface area is 212 Å². The fraction of sp³-hybridized carbons (Fsp3) is 0.111. The molecule has 0 saturated heterocycles. The largest absolute Gasteiger partial charge is 0.0619 e. The van der Waals surface area contributed by atoms with Gasteiger partial charge < -0.3 is 0 Å². The molecule has 0 fully saturated rings. The molecule has 6 aromatic rings. The van der Waals surface area contributed by atoms with E-state index in [2.05, 4.69) is 147 Å². The third-order valence-electron chi connectivity index (χ3n) is 8.66. The minimum atomic E-state index is -0.256. The number of benzene rings is 6.